The van der Waals surface area contributed by atoms with Crippen molar-refractivity contribution in [2.75, 3.05) is 20.3 Å². The average Bonchev–Trinajstić information content (AvgIpc) is 2.36. The number of rotatable bonds is 2. The van der Waals surface area contributed by atoms with E-state index in [1.54, 1.807) is 7.11 Å². The van der Waals surface area contributed by atoms with E-state index in [4.69, 9.17) is 19.9 Å². The molecule has 0 saturated heterocycles. The van der Waals surface area contributed by atoms with E-state index in [1.165, 1.54) is 0 Å². The molecule has 2 N–H and O–H groups in total. The Balaban J connectivity index is 2.15. The lowest BCUT2D eigenvalue weighted by atomic mass is 9.72. The Morgan fingerprint density at radius 3 is 2.67 bits per heavy atom. The molecule has 1 aliphatic heterocycles. The molecule has 5 heteroatoms. The standard InChI is InChI=1S/C13H16BrNO3/c1-16-11-8(13(15)3-2-4-13)7-9-12(10(11)14)18-6-5-17-9/h7H,2-6,15H2,1H3. The molecule has 1 aromatic carbocycles. The van der Waals surface area contributed by atoms with Gasteiger partial charge in [0.15, 0.2) is 11.5 Å². The Hall–Kier alpha value is -0.940. The molecule has 0 amide bonds. The minimum absolute atomic E-state index is 0.288. The zero-order valence-corrected chi connectivity index (χ0v) is 11.9. The van der Waals surface area contributed by atoms with Crippen molar-refractivity contribution in [2.45, 2.75) is 24.8 Å². The van der Waals surface area contributed by atoms with Crippen molar-refractivity contribution < 1.29 is 14.2 Å². The van der Waals surface area contributed by atoms with Gasteiger partial charge in [-0.2, -0.15) is 0 Å². The molecule has 3 rings (SSSR count). The third-order valence-corrected chi connectivity index (χ3v) is 4.44. The van der Waals surface area contributed by atoms with Crippen LogP contribution in [0, 0.1) is 0 Å². The van der Waals surface area contributed by atoms with Gasteiger partial charge in [0.25, 0.3) is 0 Å². The molecule has 0 spiro atoms. The summed E-state index contributed by atoms with van der Waals surface area (Å²) >= 11 is 3.54. The van der Waals surface area contributed by atoms with Gasteiger partial charge in [0.2, 0.25) is 0 Å². The van der Waals surface area contributed by atoms with Crippen molar-refractivity contribution in [1.29, 1.82) is 0 Å². The Morgan fingerprint density at radius 2 is 2.06 bits per heavy atom. The van der Waals surface area contributed by atoms with Crippen LogP contribution in [0.4, 0.5) is 0 Å². The Kier molecular flexibility index (Phi) is 2.90. The number of halogens is 1. The Labute approximate surface area is 115 Å². The molecule has 1 fully saturated rings. The summed E-state index contributed by atoms with van der Waals surface area (Å²) in [4.78, 5) is 0. The van der Waals surface area contributed by atoms with E-state index >= 15 is 0 Å². The topological polar surface area (TPSA) is 53.7 Å². The van der Waals surface area contributed by atoms with Crippen LogP contribution in [0.5, 0.6) is 17.2 Å². The number of nitrogens with two attached hydrogens (primary N) is 1. The van der Waals surface area contributed by atoms with Crippen LogP contribution in [0.3, 0.4) is 0 Å². The van der Waals surface area contributed by atoms with Crippen molar-refractivity contribution in [3.8, 4) is 17.2 Å². The van der Waals surface area contributed by atoms with E-state index in [-0.39, 0.29) is 5.54 Å². The van der Waals surface area contributed by atoms with Gasteiger partial charge in [-0.25, -0.2) is 0 Å². The van der Waals surface area contributed by atoms with Crippen LogP contribution >= 0.6 is 15.9 Å². The monoisotopic (exact) mass is 313 g/mol. The second-order valence-corrected chi connectivity index (χ2v) is 5.60. The highest BCUT2D eigenvalue weighted by molar-refractivity contribution is 9.10. The van der Waals surface area contributed by atoms with Gasteiger partial charge in [-0.15, -0.1) is 0 Å². The third kappa shape index (κ3) is 1.68. The molecular formula is C13H16BrNO3. The van der Waals surface area contributed by atoms with E-state index < -0.39 is 0 Å². The molecule has 2 aliphatic rings. The minimum Gasteiger partial charge on any atom is -0.495 e. The number of fused-ring (bicyclic) bond motifs is 1. The van der Waals surface area contributed by atoms with Crippen molar-refractivity contribution >= 4 is 15.9 Å². The summed E-state index contributed by atoms with van der Waals surface area (Å²) in [5.74, 6) is 2.23. The zero-order valence-electron chi connectivity index (χ0n) is 10.3. The fourth-order valence-electron chi connectivity index (χ4n) is 2.53. The molecule has 18 heavy (non-hydrogen) atoms. The van der Waals surface area contributed by atoms with Gasteiger partial charge in [-0.05, 0) is 41.3 Å². The fraction of sp³-hybridized carbons (Fsp3) is 0.538. The van der Waals surface area contributed by atoms with Gasteiger partial charge >= 0.3 is 0 Å². The third-order valence-electron chi connectivity index (χ3n) is 3.72. The molecular weight excluding hydrogens is 298 g/mol. The van der Waals surface area contributed by atoms with Crippen LogP contribution < -0.4 is 19.9 Å². The van der Waals surface area contributed by atoms with Gasteiger partial charge in [0.1, 0.15) is 23.4 Å². The van der Waals surface area contributed by atoms with Crippen molar-refractivity contribution in [3.05, 3.63) is 16.1 Å². The first-order chi connectivity index (χ1) is 8.65. The first-order valence-corrected chi connectivity index (χ1v) is 6.90. The molecule has 1 saturated carbocycles. The maximum atomic E-state index is 6.41. The Morgan fingerprint density at radius 1 is 1.33 bits per heavy atom. The molecule has 0 atom stereocenters. The van der Waals surface area contributed by atoms with Crippen molar-refractivity contribution in [2.24, 2.45) is 5.73 Å². The number of benzene rings is 1. The predicted molar refractivity (Wildman–Crippen MR) is 71.4 cm³/mol. The number of hydrogen-bond donors (Lipinski definition) is 1. The maximum absolute atomic E-state index is 6.41. The van der Waals surface area contributed by atoms with Crippen LogP contribution in [0.25, 0.3) is 0 Å². The molecule has 1 aliphatic carbocycles. The first-order valence-electron chi connectivity index (χ1n) is 6.11. The van der Waals surface area contributed by atoms with Crippen molar-refractivity contribution in [1.82, 2.24) is 0 Å². The first kappa shape index (κ1) is 12.1. The average molecular weight is 314 g/mol. The van der Waals surface area contributed by atoms with Crippen LogP contribution in [0.15, 0.2) is 10.5 Å². The fourth-order valence-corrected chi connectivity index (χ4v) is 3.21. The zero-order chi connectivity index (χ0) is 12.8. The summed E-state index contributed by atoms with van der Waals surface area (Å²) in [5, 5.41) is 0. The van der Waals surface area contributed by atoms with Gasteiger partial charge < -0.3 is 19.9 Å². The van der Waals surface area contributed by atoms with E-state index in [1.807, 2.05) is 6.07 Å². The predicted octanol–water partition coefficient (Wildman–Crippen LogP) is 2.57. The molecule has 1 heterocycles. The molecule has 4 nitrogen and oxygen atoms in total. The summed E-state index contributed by atoms with van der Waals surface area (Å²) in [5.41, 5.74) is 7.12. The number of methoxy groups -OCH3 is 1. The van der Waals surface area contributed by atoms with Gasteiger partial charge in [0, 0.05) is 11.1 Å². The molecule has 98 valence electrons. The second-order valence-electron chi connectivity index (χ2n) is 4.81. The second kappa shape index (κ2) is 4.31. The summed E-state index contributed by atoms with van der Waals surface area (Å²) in [6, 6.07) is 1.97. The van der Waals surface area contributed by atoms with Crippen molar-refractivity contribution in [3.63, 3.8) is 0 Å². The largest absolute Gasteiger partial charge is 0.495 e. The number of hydrogen-bond acceptors (Lipinski definition) is 4. The van der Waals surface area contributed by atoms with Gasteiger partial charge in [0.05, 0.1) is 7.11 Å². The van der Waals surface area contributed by atoms with Crippen LogP contribution in [-0.4, -0.2) is 20.3 Å². The van der Waals surface area contributed by atoms with Crippen LogP contribution in [-0.2, 0) is 5.54 Å². The van der Waals surface area contributed by atoms with Gasteiger partial charge in [-0.1, -0.05) is 0 Å². The van der Waals surface area contributed by atoms with Gasteiger partial charge in [-0.3, -0.25) is 0 Å². The lowest BCUT2D eigenvalue weighted by molar-refractivity contribution is 0.167. The van der Waals surface area contributed by atoms with E-state index in [2.05, 4.69) is 15.9 Å². The maximum Gasteiger partial charge on any atom is 0.179 e. The van der Waals surface area contributed by atoms with E-state index in [9.17, 15) is 0 Å². The number of ether oxygens (including phenoxy) is 3. The Bertz CT molecular complexity index is 486. The highest BCUT2D eigenvalue weighted by atomic mass is 79.9. The normalized spacial score (nSPS) is 20.2. The van der Waals surface area contributed by atoms with E-state index in [0.717, 1.165) is 40.8 Å². The molecule has 0 bridgehead atoms. The minimum atomic E-state index is -0.288. The highest BCUT2D eigenvalue weighted by Gasteiger charge is 2.39. The highest BCUT2D eigenvalue weighted by Crippen LogP contribution is 2.51. The molecule has 1 aromatic rings. The summed E-state index contributed by atoms with van der Waals surface area (Å²) in [6.45, 7) is 1.13. The summed E-state index contributed by atoms with van der Waals surface area (Å²) < 4.78 is 17.6. The van der Waals surface area contributed by atoms with Crippen LogP contribution in [0.2, 0.25) is 0 Å². The molecule has 0 aromatic heterocycles. The summed E-state index contributed by atoms with van der Waals surface area (Å²) in [7, 11) is 1.65. The lowest BCUT2D eigenvalue weighted by Gasteiger charge is -2.40. The van der Waals surface area contributed by atoms with E-state index in [0.29, 0.717) is 19.0 Å². The van der Waals surface area contributed by atoms with Crippen LogP contribution in [0.1, 0.15) is 24.8 Å². The summed E-state index contributed by atoms with van der Waals surface area (Å²) in [6.07, 6.45) is 3.12. The molecule has 0 radical (unpaired) electrons. The smallest absolute Gasteiger partial charge is 0.179 e. The SMILES string of the molecule is COc1c(C2(N)CCC2)cc2c(c1Br)OCCO2. The molecule has 0 unspecified atom stereocenters. The quantitative estimate of drug-likeness (QED) is 0.911. The lowest BCUT2D eigenvalue weighted by Crippen LogP contribution is -2.43.